The smallest absolute Gasteiger partial charge is 0.133 e. The zero-order valence-electron chi connectivity index (χ0n) is 9.16. The van der Waals surface area contributed by atoms with Gasteiger partial charge < -0.3 is 4.79 Å². The average Bonchev–Trinajstić information content (AvgIpc) is 2.20. The van der Waals surface area contributed by atoms with Crippen LogP contribution in [0.2, 0.25) is 0 Å². The van der Waals surface area contributed by atoms with Crippen LogP contribution in [0.1, 0.15) is 11.1 Å². The van der Waals surface area contributed by atoms with Gasteiger partial charge in [0, 0.05) is 6.54 Å². The highest BCUT2D eigenvalue weighted by molar-refractivity contribution is 5.51. The van der Waals surface area contributed by atoms with Gasteiger partial charge in [0.05, 0.1) is 6.54 Å². The van der Waals surface area contributed by atoms with Crippen molar-refractivity contribution in [2.45, 2.75) is 13.3 Å². The maximum absolute atomic E-state index is 13.0. The van der Waals surface area contributed by atoms with Crippen molar-refractivity contribution in [3.05, 3.63) is 35.1 Å². The monoisotopic (exact) mass is 209 g/mol. The number of carbonyl (C=O) groups is 1. The van der Waals surface area contributed by atoms with Crippen LogP contribution in [0.3, 0.4) is 0 Å². The minimum Gasteiger partial charge on any atom is -0.302 e. The van der Waals surface area contributed by atoms with E-state index in [1.54, 1.807) is 13.0 Å². The predicted octanol–water partition coefficient (Wildman–Crippen LogP) is 1.81. The average molecular weight is 209 g/mol. The Kier molecular flexibility index (Phi) is 4.43. The Bertz CT molecular complexity index is 338. The zero-order valence-corrected chi connectivity index (χ0v) is 9.16. The molecule has 3 heteroatoms. The largest absolute Gasteiger partial charge is 0.302 e. The molecule has 0 amide bonds. The topological polar surface area (TPSA) is 20.3 Å². The third-order valence-electron chi connectivity index (χ3n) is 2.39. The lowest BCUT2D eigenvalue weighted by Gasteiger charge is -2.12. The van der Waals surface area contributed by atoms with Gasteiger partial charge in [-0.3, -0.25) is 4.90 Å². The first-order valence-electron chi connectivity index (χ1n) is 5.00. The van der Waals surface area contributed by atoms with Crippen molar-refractivity contribution < 1.29 is 9.18 Å². The zero-order chi connectivity index (χ0) is 11.3. The van der Waals surface area contributed by atoms with Gasteiger partial charge in [-0.1, -0.05) is 12.1 Å². The minimum atomic E-state index is -0.167. The fraction of sp³-hybridized carbons (Fsp3) is 0.417. The summed E-state index contributed by atoms with van der Waals surface area (Å²) in [6, 6.07) is 5.13. The van der Waals surface area contributed by atoms with E-state index in [2.05, 4.69) is 0 Å². The van der Waals surface area contributed by atoms with Gasteiger partial charge in [0.25, 0.3) is 0 Å². The molecule has 15 heavy (non-hydrogen) atoms. The van der Waals surface area contributed by atoms with E-state index in [0.29, 0.717) is 12.1 Å². The normalized spacial score (nSPS) is 10.7. The lowest BCUT2D eigenvalue weighted by atomic mass is 10.1. The van der Waals surface area contributed by atoms with Crippen LogP contribution in [0.25, 0.3) is 0 Å². The highest BCUT2D eigenvalue weighted by Crippen LogP contribution is 2.09. The molecule has 0 radical (unpaired) electrons. The molecule has 0 bridgehead atoms. The molecule has 2 nitrogen and oxygen atoms in total. The Morgan fingerprint density at radius 3 is 2.80 bits per heavy atom. The molecule has 0 saturated carbocycles. The molecule has 1 aromatic carbocycles. The van der Waals surface area contributed by atoms with Crippen molar-refractivity contribution in [1.82, 2.24) is 4.90 Å². The van der Waals surface area contributed by atoms with Crippen LogP contribution in [-0.4, -0.2) is 31.3 Å². The number of aldehydes is 1. The second kappa shape index (κ2) is 5.61. The molecular weight excluding hydrogens is 193 g/mol. The lowest BCUT2D eigenvalue weighted by Crippen LogP contribution is -2.23. The number of rotatable bonds is 5. The number of aryl methyl sites for hydroxylation is 1. The molecule has 82 valence electrons. The molecular formula is C12H16FNO. The molecule has 1 aromatic rings. The molecule has 0 heterocycles. The summed E-state index contributed by atoms with van der Waals surface area (Å²) in [5, 5.41) is 0. The van der Waals surface area contributed by atoms with Crippen molar-refractivity contribution in [3.63, 3.8) is 0 Å². The van der Waals surface area contributed by atoms with Crippen molar-refractivity contribution in [2.75, 3.05) is 20.1 Å². The molecule has 0 unspecified atom stereocenters. The van der Waals surface area contributed by atoms with Gasteiger partial charge >= 0.3 is 0 Å². The van der Waals surface area contributed by atoms with E-state index in [1.165, 1.54) is 6.07 Å². The number of hydrogen-bond acceptors (Lipinski definition) is 2. The first kappa shape index (κ1) is 11.9. The number of carbonyl (C=O) groups excluding carboxylic acids is 1. The van der Waals surface area contributed by atoms with E-state index >= 15 is 0 Å². The summed E-state index contributed by atoms with van der Waals surface area (Å²) >= 11 is 0. The number of benzene rings is 1. The molecule has 0 N–H and O–H groups in total. The van der Waals surface area contributed by atoms with E-state index in [0.717, 1.165) is 24.8 Å². The van der Waals surface area contributed by atoms with Crippen LogP contribution in [0.4, 0.5) is 4.39 Å². The molecule has 0 spiro atoms. The van der Waals surface area contributed by atoms with Crippen molar-refractivity contribution in [3.8, 4) is 0 Å². The van der Waals surface area contributed by atoms with E-state index in [-0.39, 0.29) is 5.82 Å². The van der Waals surface area contributed by atoms with Gasteiger partial charge in [-0.2, -0.15) is 0 Å². The van der Waals surface area contributed by atoms with Gasteiger partial charge in [-0.25, -0.2) is 4.39 Å². The number of likely N-dealkylation sites (N-methyl/N-ethyl adjacent to an activating group) is 1. The quantitative estimate of drug-likeness (QED) is 0.689. The van der Waals surface area contributed by atoms with E-state index in [4.69, 9.17) is 0 Å². The second-order valence-electron chi connectivity index (χ2n) is 3.76. The Balaban J connectivity index is 2.50. The predicted molar refractivity (Wildman–Crippen MR) is 58.4 cm³/mol. The molecule has 0 atom stereocenters. The highest BCUT2D eigenvalue weighted by Gasteiger charge is 2.01. The molecule has 0 saturated heterocycles. The van der Waals surface area contributed by atoms with Gasteiger partial charge in [0.1, 0.15) is 12.1 Å². The Morgan fingerprint density at radius 1 is 1.47 bits per heavy atom. The summed E-state index contributed by atoms with van der Waals surface area (Å²) in [6.07, 6.45) is 1.72. The number of nitrogens with zero attached hydrogens (tertiary/aromatic N) is 1. The molecule has 0 aliphatic heterocycles. The maximum Gasteiger partial charge on any atom is 0.133 e. The van der Waals surface area contributed by atoms with Crippen molar-refractivity contribution in [2.24, 2.45) is 0 Å². The maximum atomic E-state index is 13.0. The Labute approximate surface area is 89.7 Å². The molecule has 0 fully saturated rings. The fourth-order valence-corrected chi connectivity index (χ4v) is 1.40. The SMILES string of the molecule is Cc1cc(CCN(C)CC=O)ccc1F. The first-order chi connectivity index (χ1) is 7.13. The molecule has 0 aliphatic carbocycles. The number of hydrogen-bond donors (Lipinski definition) is 0. The highest BCUT2D eigenvalue weighted by atomic mass is 19.1. The standard InChI is InChI=1S/C12H16FNO/c1-10-9-11(3-4-12(10)13)5-6-14(2)7-8-15/h3-4,8-9H,5-7H2,1-2H3. The van der Waals surface area contributed by atoms with Crippen LogP contribution >= 0.6 is 0 Å². The van der Waals surface area contributed by atoms with Crippen LogP contribution in [0.15, 0.2) is 18.2 Å². The summed E-state index contributed by atoms with van der Waals surface area (Å²) in [6.45, 7) is 3.01. The second-order valence-corrected chi connectivity index (χ2v) is 3.76. The van der Waals surface area contributed by atoms with E-state index < -0.39 is 0 Å². The van der Waals surface area contributed by atoms with Crippen LogP contribution < -0.4 is 0 Å². The van der Waals surface area contributed by atoms with E-state index in [1.807, 2.05) is 18.0 Å². The van der Waals surface area contributed by atoms with Crippen LogP contribution in [0.5, 0.6) is 0 Å². The lowest BCUT2D eigenvalue weighted by molar-refractivity contribution is -0.108. The van der Waals surface area contributed by atoms with E-state index in [9.17, 15) is 9.18 Å². The third-order valence-corrected chi connectivity index (χ3v) is 2.39. The Morgan fingerprint density at radius 2 is 2.20 bits per heavy atom. The molecule has 1 rings (SSSR count). The summed E-state index contributed by atoms with van der Waals surface area (Å²) in [5.74, 6) is -0.167. The summed E-state index contributed by atoms with van der Waals surface area (Å²) in [4.78, 5) is 12.2. The van der Waals surface area contributed by atoms with Crippen molar-refractivity contribution in [1.29, 1.82) is 0 Å². The number of halogens is 1. The first-order valence-corrected chi connectivity index (χ1v) is 5.00. The van der Waals surface area contributed by atoms with Crippen molar-refractivity contribution >= 4 is 6.29 Å². The summed E-state index contributed by atoms with van der Waals surface area (Å²) in [5.41, 5.74) is 1.78. The Hall–Kier alpha value is -1.22. The van der Waals surface area contributed by atoms with Gasteiger partial charge in [-0.05, 0) is 37.6 Å². The summed E-state index contributed by atoms with van der Waals surface area (Å²) in [7, 11) is 1.89. The van der Waals surface area contributed by atoms with Gasteiger partial charge in [0.2, 0.25) is 0 Å². The van der Waals surface area contributed by atoms with Crippen LogP contribution in [0, 0.1) is 12.7 Å². The minimum absolute atomic E-state index is 0.167. The van der Waals surface area contributed by atoms with Gasteiger partial charge in [0.15, 0.2) is 0 Å². The fourth-order valence-electron chi connectivity index (χ4n) is 1.40. The molecule has 0 aliphatic rings. The summed E-state index contributed by atoms with van der Waals surface area (Å²) < 4.78 is 13.0. The molecule has 0 aromatic heterocycles. The van der Waals surface area contributed by atoms with Crippen LogP contribution in [-0.2, 0) is 11.2 Å². The van der Waals surface area contributed by atoms with Gasteiger partial charge in [-0.15, -0.1) is 0 Å². The third kappa shape index (κ3) is 3.80.